The highest BCUT2D eigenvalue weighted by Gasteiger charge is 2.35. The smallest absolute Gasteiger partial charge is 0.297 e. The fourth-order valence-electron chi connectivity index (χ4n) is 3.24. The summed E-state index contributed by atoms with van der Waals surface area (Å²) >= 11 is 0. The molecule has 1 aliphatic rings. The molecule has 4 nitrogen and oxygen atoms in total. The lowest BCUT2D eigenvalue weighted by atomic mass is 9.89. The fraction of sp³-hybridized carbons (Fsp3) is 0.429. The summed E-state index contributed by atoms with van der Waals surface area (Å²) in [6, 6.07) is 8.83. The molecule has 140 valence electrons. The Morgan fingerprint density at radius 2 is 1.73 bits per heavy atom. The molecule has 1 heterocycles. The average molecular weight is 375 g/mol. The molecule has 0 spiro atoms. The van der Waals surface area contributed by atoms with E-state index in [1.165, 1.54) is 16.7 Å². The fourth-order valence-corrected chi connectivity index (χ4v) is 4.25. The molecule has 1 aliphatic heterocycles. The third kappa shape index (κ3) is 3.64. The summed E-state index contributed by atoms with van der Waals surface area (Å²) in [5, 5.41) is 0. The molecule has 0 radical (unpaired) electrons. The summed E-state index contributed by atoms with van der Waals surface area (Å²) in [4.78, 5) is 0.172. The summed E-state index contributed by atoms with van der Waals surface area (Å²) in [7, 11) is -3.80. The molecule has 26 heavy (non-hydrogen) atoms. The van der Waals surface area contributed by atoms with E-state index < -0.39 is 15.7 Å². The first kappa shape index (κ1) is 18.9. The van der Waals surface area contributed by atoms with Crippen molar-refractivity contribution in [1.29, 1.82) is 0 Å². The van der Waals surface area contributed by atoms with Crippen LogP contribution in [0.4, 0.5) is 0 Å². The van der Waals surface area contributed by atoms with Gasteiger partial charge in [-0.25, -0.2) is 0 Å². The van der Waals surface area contributed by atoms with Gasteiger partial charge >= 0.3 is 0 Å². The molecule has 3 rings (SSSR count). The first-order valence-electron chi connectivity index (χ1n) is 8.86. The van der Waals surface area contributed by atoms with Crippen molar-refractivity contribution < 1.29 is 17.3 Å². The minimum absolute atomic E-state index is 0.00495. The van der Waals surface area contributed by atoms with Crippen LogP contribution in [0.1, 0.15) is 41.2 Å². The van der Waals surface area contributed by atoms with Crippen LogP contribution in [-0.2, 0) is 20.7 Å². The van der Waals surface area contributed by atoms with Crippen molar-refractivity contribution in [1.82, 2.24) is 0 Å². The Kier molecular flexibility index (Phi) is 4.88. The first-order chi connectivity index (χ1) is 12.1. The zero-order chi connectivity index (χ0) is 19.1. The average Bonchev–Trinajstić information content (AvgIpc) is 2.60. The number of aryl methyl sites for hydroxylation is 3. The summed E-state index contributed by atoms with van der Waals surface area (Å²) < 4.78 is 36.5. The molecule has 0 saturated heterocycles. The van der Waals surface area contributed by atoms with E-state index in [9.17, 15) is 8.42 Å². The lowest BCUT2D eigenvalue weighted by molar-refractivity contribution is 0.0190. The van der Waals surface area contributed by atoms with Crippen molar-refractivity contribution in [2.24, 2.45) is 0 Å². The van der Waals surface area contributed by atoms with Gasteiger partial charge in [-0.1, -0.05) is 23.8 Å². The van der Waals surface area contributed by atoms with Crippen molar-refractivity contribution in [3.05, 3.63) is 58.1 Å². The summed E-state index contributed by atoms with van der Waals surface area (Å²) in [5.41, 5.74) is 5.10. The van der Waals surface area contributed by atoms with E-state index in [2.05, 4.69) is 26.8 Å². The minimum Gasteiger partial charge on any atom is -0.485 e. The van der Waals surface area contributed by atoms with Gasteiger partial charge in [0.25, 0.3) is 10.1 Å². The number of benzene rings is 2. The summed E-state index contributed by atoms with van der Waals surface area (Å²) in [6.07, 6.45) is 1.56. The second kappa shape index (κ2) is 6.71. The Bertz CT molecular complexity index is 929. The lowest BCUT2D eigenvalue weighted by Gasteiger charge is -2.36. The molecule has 0 unspecified atom stereocenters. The normalized spacial score (nSPS) is 19.7. The zero-order valence-corrected chi connectivity index (χ0v) is 16.9. The Hall–Kier alpha value is -1.85. The van der Waals surface area contributed by atoms with Gasteiger partial charge in [-0.3, -0.25) is 4.18 Å². The van der Waals surface area contributed by atoms with Crippen molar-refractivity contribution >= 4 is 10.1 Å². The van der Waals surface area contributed by atoms with Crippen molar-refractivity contribution in [2.75, 3.05) is 6.61 Å². The summed E-state index contributed by atoms with van der Waals surface area (Å²) in [5.74, 6) is 0.873. The molecule has 0 aromatic heterocycles. The number of hydrogen-bond acceptors (Lipinski definition) is 4. The third-order valence-corrected chi connectivity index (χ3v) is 6.56. The van der Waals surface area contributed by atoms with Crippen LogP contribution in [0.5, 0.6) is 5.75 Å². The van der Waals surface area contributed by atoms with Crippen molar-refractivity contribution in [3.8, 4) is 5.75 Å². The topological polar surface area (TPSA) is 52.6 Å². The number of fused-ring (bicyclic) bond motifs is 1. The van der Waals surface area contributed by atoms with Crippen LogP contribution >= 0.6 is 0 Å². The van der Waals surface area contributed by atoms with Crippen LogP contribution in [-0.4, -0.2) is 20.6 Å². The van der Waals surface area contributed by atoms with Crippen LogP contribution in [0, 0.1) is 27.7 Å². The maximum Gasteiger partial charge on any atom is 0.297 e. The molecule has 0 saturated carbocycles. The summed E-state index contributed by atoms with van der Waals surface area (Å²) in [6.45, 7) is 10.1. The quantitative estimate of drug-likeness (QED) is 0.744. The third-order valence-electron chi connectivity index (χ3n) is 5.28. The monoisotopic (exact) mass is 374 g/mol. The van der Waals surface area contributed by atoms with E-state index in [4.69, 9.17) is 8.92 Å². The lowest BCUT2D eigenvalue weighted by Crippen LogP contribution is -2.42. The van der Waals surface area contributed by atoms with Crippen molar-refractivity contribution in [3.63, 3.8) is 0 Å². The van der Waals surface area contributed by atoms with Gasteiger partial charge in [-0.05, 0) is 81.8 Å². The van der Waals surface area contributed by atoms with E-state index in [1.807, 2.05) is 13.8 Å². The Morgan fingerprint density at radius 1 is 1.08 bits per heavy atom. The highest BCUT2D eigenvalue weighted by Crippen LogP contribution is 2.38. The van der Waals surface area contributed by atoms with Crippen LogP contribution in [0.3, 0.4) is 0 Å². The van der Waals surface area contributed by atoms with Gasteiger partial charge in [-0.15, -0.1) is 0 Å². The Morgan fingerprint density at radius 3 is 2.38 bits per heavy atom. The van der Waals surface area contributed by atoms with Gasteiger partial charge in [0.2, 0.25) is 0 Å². The standard InChI is InChI=1S/C21H26O4S/c1-14-6-8-19(9-7-14)26(22,23)24-13-21(5)11-10-18-12-15(2)16(3)17(4)20(18)25-21/h6-9,12H,10-11,13H2,1-5H3/t21-/m0/s1. The highest BCUT2D eigenvalue weighted by atomic mass is 32.2. The second-order valence-electron chi connectivity index (χ2n) is 7.51. The van der Waals surface area contributed by atoms with Gasteiger partial charge in [-0.2, -0.15) is 8.42 Å². The molecule has 0 N–H and O–H groups in total. The molecule has 0 amide bonds. The molecule has 0 bridgehead atoms. The number of rotatable bonds is 4. The molecular formula is C21H26O4S. The van der Waals surface area contributed by atoms with Gasteiger partial charge in [0.15, 0.2) is 0 Å². The maximum absolute atomic E-state index is 12.5. The molecular weight excluding hydrogens is 348 g/mol. The molecule has 2 aromatic rings. The Balaban J connectivity index is 1.79. The van der Waals surface area contributed by atoms with E-state index in [1.54, 1.807) is 24.3 Å². The van der Waals surface area contributed by atoms with E-state index >= 15 is 0 Å². The zero-order valence-electron chi connectivity index (χ0n) is 16.0. The van der Waals surface area contributed by atoms with E-state index in [0.29, 0.717) is 6.42 Å². The van der Waals surface area contributed by atoms with Gasteiger partial charge in [0, 0.05) is 0 Å². The SMILES string of the molecule is Cc1ccc(S(=O)(=O)OC[C@]2(C)CCc3cc(C)c(C)c(C)c3O2)cc1. The van der Waals surface area contributed by atoms with Crippen LogP contribution in [0.15, 0.2) is 35.2 Å². The van der Waals surface area contributed by atoms with Gasteiger partial charge < -0.3 is 4.74 Å². The highest BCUT2D eigenvalue weighted by molar-refractivity contribution is 7.86. The van der Waals surface area contributed by atoms with E-state index in [-0.39, 0.29) is 11.5 Å². The predicted octanol–water partition coefficient (Wildman–Crippen LogP) is 4.41. The van der Waals surface area contributed by atoms with Crippen LogP contribution in [0.2, 0.25) is 0 Å². The van der Waals surface area contributed by atoms with E-state index in [0.717, 1.165) is 23.3 Å². The second-order valence-corrected chi connectivity index (χ2v) is 9.13. The van der Waals surface area contributed by atoms with Crippen LogP contribution < -0.4 is 4.74 Å². The molecule has 5 heteroatoms. The van der Waals surface area contributed by atoms with Gasteiger partial charge in [0.1, 0.15) is 18.0 Å². The molecule has 0 aliphatic carbocycles. The minimum atomic E-state index is -3.80. The van der Waals surface area contributed by atoms with Gasteiger partial charge in [0.05, 0.1) is 4.90 Å². The maximum atomic E-state index is 12.5. The number of ether oxygens (including phenoxy) is 1. The first-order valence-corrected chi connectivity index (χ1v) is 10.3. The van der Waals surface area contributed by atoms with Crippen molar-refractivity contribution in [2.45, 2.75) is 58.0 Å². The molecule has 1 atom stereocenters. The molecule has 2 aromatic carbocycles. The van der Waals surface area contributed by atoms with Crippen LogP contribution in [0.25, 0.3) is 0 Å². The largest absolute Gasteiger partial charge is 0.485 e. The predicted molar refractivity (Wildman–Crippen MR) is 102 cm³/mol. The number of hydrogen-bond donors (Lipinski definition) is 0. The molecule has 0 fully saturated rings. The Labute approximate surface area is 156 Å².